The van der Waals surface area contributed by atoms with Gasteiger partial charge in [-0.2, -0.15) is 0 Å². The third kappa shape index (κ3) is 3.88. The van der Waals surface area contributed by atoms with E-state index in [1.165, 1.54) is 0 Å². The zero-order valence-corrected chi connectivity index (χ0v) is 14.9. The second-order valence-corrected chi connectivity index (χ2v) is 6.89. The molecule has 0 radical (unpaired) electrons. The van der Waals surface area contributed by atoms with E-state index >= 15 is 0 Å². The maximum atomic E-state index is 12.5. The number of rotatable bonds is 5. The van der Waals surface area contributed by atoms with E-state index in [0.29, 0.717) is 16.7 Å². The van der Waals surface area contributed by atoms with E-state index in [-0.39, 0.29) is 16.7 Å². The smallest absolute Gasteiger partial charge is 0.261 e. The molecule has 0 spiro atoms. The Labute approximate surface area is 150 Å². The van der Waals surface area contributed by atoms with Crippen molar-refractivity contribution in [2.75, 3.05) is 7.11 Å². The Balaban J connectivity index is 1.77. The topological polar surface area (TPSA) is 55.4 Å². The molecule has 128 valence electrons. The van der Waals surface area contributed by atoms with Gasteiger partial charge in [0.25, 0.3) is 5.91 Å². The van der Waals surface area contributed by atoms with Crippen molar-refractivity contribution in [2.24, 2.45) is 0 Å². The van der Waals surface area contributed by atoms with Crippen LogP contribution in [0.1, 0.15) is 22.2 Å². The SMILES string of the molecule is COc1ccccc1C[C@H](C)NC(=O)c1cc2ccccc2c(=O)s1. The summed E-state index contributed by atoms with van der Waals surface area (Å²) in [7, 11) is 1.63. The highest BCUT2D eigenvalue weighted by molar-refractivity contribution is 7.12. The van der Waals surface area contributed by atoms with Crippen molar-refractivity contribution in [3.05, 3.63) is 74.6 Å². The van der Waals surface area contributed by atoms with Crippen molar-refractivity contribution in [1.29, 1.82) is 0 Å². The molecule has 0 aliphatic heterocycles. The molecular weight excluding hydrogens is 334 g/mol. The molecular formula is C20H19NO3S. The second kappa shape index (κ2) is 7.49. The molecule has 1 amide bonds. The van der Waals surface area contributed by atoms with Crippen molar-refractivity contribution < 1.29 is 9.53 Å². The summed E-state index contributed by atoms with van der Waals surface area (Å²) in [6.45, 7) is 1.94. The molecule has 5 heteroatoms. The molecule has 1 N–H and O–H groups in total. The summed E-state index contributed by atoms with van der Waals surface area (Å²) in [5.74, 6) is 0.578. The highest BCUT2D eigenvalue weighted by Crippen LogP contribution is 2.19. The van der Waals surface area contributed by atoms with Crippen LogP contribution < -0.4 is 14.8 Å². The van der Waals surface area contributed by atoms with E-state index in [1.54, 1.807) is 19.2 Å². The number of nitrogens with one attached hydrogen (secondary N) is 1. The molecule has 0 saturated heterocycles. The van der Waals surface area contributed by atoms with E-state index in [0.717, 1.165) is 28.0 Å². The van der Waals surface area contributed by atoms with Gasteiger partial charge < -0.3 is 10.1 Å². The van der Waals surface area contributed by atoms with Crippen LogP contribution in [0.4, 0.5) is 0 Å². The van der Waals surface area contributed by atoms with Crippen LogP contribution in [0.3, 0.4) is 0 Å². The lowest BCUT2D eigenvalue weighted by molar-refractivity contribution is 0.0944. The Morgan fingerprint density at radius 3 is 2.68 bits per heavy atom. The Morgan fingerprint density at radius 2 is 1.88 bits per heavy atom. The molecule has 1 atom stereocenters. The summed E-state index contributed by atoms with van der Waals surface area (Å²) in [5.41, 5.74) is 1.03. The van der Waals surface area contributed by atoms with Gasteiger partial charge in [-0.25, -0.2) is 0 Å². The van der Waals surface area contributed by atoms with Crippen molar-refractivity contribution in [3.8, 4) is 5.75 Å². The standard InChI is InChI=1S/C20H19NO3S/c1-13(11-15-8-4-6-10-17(15)24-2)21-19(22)18-12-14-7-3-5-9-16(14)20(23)25-18/h3-10,12-13H,11H2,1-2H3,(H,21,22)/t13-/m0/s1. The van der Waals surface area contributed by atoms with E-state index in [4.69, 9.17) is 4.74 Å². The summed E-state index contributed by atoms with van der Waals surface area (Å²) >= 11 is 0.979. The molecule has 25 heavy (non-hydrogen) atoms. The molecule has 0 saturated carbocycles. The average molecular weight is 353 g/mol. The van der Waals surface area contributed by atoms with Crippen molar-refractivity contribution in [2.45, 2.75) is 19.4 Å². The van der Waals surface area contributed by atoms with Crippen LogP contribution in [-0.4, -0.2) is 19.1 Å². The minimum atomic E-state index is -0.227. The highest BCUT2D eigenvalue weighted by atomic mass is 32.1. The average Bonchev–Trinajstić information content (AvgIpc) is 2.62. The van der Waals surface area contributed by atoms with E-state index in [1.807, 2.05) is 49.4 Å². The Bertz CT molecular complexity index is 964. The minimum Gasteiger partial charge on any atom is -0.496 e. The molecule has 3 aromatic rings. The molecule has 1 heterocycles. The van der Waals surface area contributed by atoms with Crippen LogP contribution in [0.15, 0.2) is 59.4 Å². The largest absolute Gasteiger partial charge is 0.496 e. The molecule has 0 bridgehead atoms. The number of carbonyl (C=O) groups excluding carboxylic acids is 1. The summed E-state index contributed by atoms with van der Waals surface area (Å²) in [4.78, 5) is 25.1. The molecule has 0 fully saturated rings. The van der Waals surface area contributed by atoms with Crippen molar-refractivity contribution in [3.63, 3.8) is 0 Å². The summed E-state index contributed by atoms with van der Waals surface area (Å²) in [6, 6.07) is 16.7. The van der Waals surface area contributed by atoms with E-state index in [9.17, 15) is 9.59 Å². The fraction of sp³-hybridized carbons (Fsp3) is 0.200. The first-order valence-corrected chi connectivity index (χ1v) is 8.86. The monoisotopic (exact) mass is 353 g/mol. The second-order valence-electron chi connectivity index (χ2n) is 5.88. The number of carbonyl (C=O) groups is 1. The van der Waals surface area contributed by atoms with Gasteiger partial charge in [0.2, 0.25) is 4.74 Å². The zero-order valence-electron chi connectivity index (χ0n) is 14.1. The van der Waals surface area contributed by atoms with Crippen LogP contribution in [0.2, 0.25) is 0 Å². The van der Waals surface area contributed by atoms with E-state index < -0.39 is 0 Å². The molecule has 0 unspecified atom stereocenters. The number of hydrogen-bond donors (Lipinski definition) is 1. The van der Waals surface area contributed by atoms with Gasteiger partial charge in [-0.15, -0.1) is 0 Å². The predicted molar refractivity (Wildman–Crippen MR) is 102 cm³/mol. The van der Waals surface area contributed by atoms with Gasteiger partial charge in [0, 0.05) is 11.4 Å². The van der Waals surface area contributed by atoms with Crippen LogP contribution in [0.5, 0.6) is 5.75 Å². The van der Waals surface area contributed by atoms with Gasteiger partial charge in [0.05, 0.1) is 12.0 Å². The fourth-order valence-electron chi connectivity index (χ4n) is 2.79. The molecule has 1 aromatic heterocycles. The van der Waals surface area contributed by atoms with Crippen LogP contribution in [-0.2, 0) is 6.42 Å². The quantitative estimate of drug-likeness (QED) is 0.762. The zero-order chi connectivity index (χ0) is 17.8. The molecule has 2 aromatic carbocycles. The van der Waals surface area contributed by atoms with E-state index in [2.05, 4.69) is 5.32 Å². The number of ether oxygens (including phenoxy) is 1. The third-order valence-electron chi connectivity index (χ3n) is 3.99. The summed E-state index contributed by atoms with van der Waals surface area (Å²) < 4.78 is 5.25. The van der Waals surface area contributed by atoms with Gasteiger partial charge in [0.1, 0.15) is 5.75 Å². The summed E-state index contributed by atoms with van der Waals surface area (Å²) in [6.07, 6.45) is 0.651. The minimum absolute atomic E-state index is 0.0856. The first-order chi connectivity index (χ1) is 12.1. The predicted octanol–water partition coefficient (Wildman–Crippen LogP) is 3.63. The third-order valence-corrected chi connectivity index (χ3v) is 4.92. The number of hydrogen-bond acceptors (Lipinski definition) is 4. The highest BCUT2D eigenvalue weighted by Gasteiger charge is 2.14. The fourth-order valence-corrected chi connectivity index (χ4v) is 3.63. The Morgan fingerprint density at radius 1 is 1.16 bits per heavy atom. The number of methoxy groups -OCH3 is 1. The maximum absolute atomic E-state index is 12.5. The van der Waals surface area contributed by atoms with Gasteiger partial charge in [-0.1, -0.05) is 47.7 Å². The van der Waals surface area contributed by atoms with Crippen LogP contribution in [0.25, 0.3) is 10.8 Å². The Hall–Kier alpha value is -2.66. The lowest BCUT2D eigenvalue weighted by Crippen LogP contribution is -2.34. The molecule has 0 aliphatic rings. The first kappa shape index (κ1) is 17.2. The maximum Gasteiger partial charge on any atom is 0.261 e. The van der Waals surface area contributed by atoms with Crippen LogP contribution >= 0.6 is 11.3 Å². The molecule has 3 rings (SSSR count). The normalized spacial score (nSPS) is 11.9. The lowest BCUT2D eigenvalue weighted by atomic mass is 10.1. The lowest BCUT2D eigenvalue weighted by Gasteiger charge is -2.15. The number of fused-ring (bicyclic) bond motifs is 1. The van der Waals surface area contributed by atoms with Gasteiger partial charge in [0.15, 0.2) is 0 Å². The number of para-hydroxylation sites is 1. The van der Waals surface area contributed by atoms with Crippen LogP contribution in [0, 0.1) is 0 Å². The number of benzene rings is 2. The van der Waals surface area contributed by atoms with Crippen molar-refractivity contribution >= 4 is 28.0 Å². The van der Waals surface area contributed by atoms with Gasteiger partial charge in [-0.3, -0.25) is 9.59 Å². The number of amides is 1. The summed E-state index contributed by atoms with van der Waals surface area (Å²) in [5, 5.41) is 4.40. The Kier molecular flexibility index (Phi) is 5.14. The first-order valence-electron chi connectivity index (χ1n) is 8.04. The van der Waals surface area contributed by atoms with Gasteiger partial charge >= 0.3 is 0 Å². The molecule has 4 nitrogen and oxygen atoms in total. The van der Waals surface area contributed by atoms with Gasteiger partial charge in [-0.05, 0) is 42.5 Å². The molecule has 0 aliphatic carbocycles. The van der Waals surface area contributed by atoms with Crippen molar-refractivity contribution in [1.82, 2.24) is 5.32 Å².